The molecular formula is C16H16ClFO. The Labute approximate surface area is 118 Å². The number of methoxy groups -OCH3 is 1. The predicted molar refractivity (Wildman–Crippen MR) is 76.4 cm³/mol. The highest BCUT2D eigenvalue weighted by Crippen LogP contribution is 2.29. The second kappa shape index (κ2) is 6.07. The lowest BCUT2D eigenvalue weighted by molar-refractivity contribution is 0.409. The molecule has 0 N–H and O–H groups in total. The van der Waals surface area contributed by atoms with Gasteiger partial charge in [0.1, 0.15) is 11.6 Å². The molecule has 0 radical (unpaired) electrons. The van der Waals surface area contributed by atoms with E-state index in [4.69, 9.17) is 16.3 Å². The summed E-state index contributed by atoms with van der Waals surface area (Å²) in [5, 5.41) is -0.272. The maximum atomic E-state index is 13.5. The molecule has 3 heteroatoms. The van der Waals surface area contributed by atoms with Crippen molar-refractivity contribution >= 4 is 11.6 Å². The summed E-state index contributed by atoms with van der Waals surface area (Å²) in [6.07, 6.45) is 0.605. The molecule has 0 spiro atoms. The molecule has 1 atom stereocenters. The summed E-state index contributed by atoms with van der Waals surface area (Å²) in [4.78, 5) is 0. The molecule has 0 bridgehead atoms. The van der Waals surface area contributed by atoms with Gasteiger partial charge in [-0.1, -0.05) is 30.3 Å². The minimum absolute atomic E-state index is 0.219. The molecule has 19 heavy (non-hydrogen) atoms. The third-order valence-electron chi connectivity index (χ3n) is 3.15. The highest BCUT2D eigenvalue weighted by atomic mass is 35.5. The van der Waals surface area contributed by atoms with Crippen LogP contribution in [-0.2, 0) is 6.42 Å². The molecule has 0 saturated heterocycles. The van der Waals surface area contributed by atoms with E-state index in [1.807, 2.05) is 30.3 Å². The van der Waals surface area contributed by atoms with Crippen molar-refractivity contribution in [3.05, 3.63) is 65.0 Å². The number of para-hydroxylation sites is 1. The number of ether oxygens (including phenoxy) is 1. The van der Waals surface area contributed by atoms with Crippen LogP contribution in [0.5, 0.6) is 5.75 Å². The molecule has 2 aromatic carbocycles. The summed E-state index contributed by atoms with van der Waals surface area (Å²) in [6, 6.07) is 12.8. The average Bonchev–Trinajstić information content (AvgIpc) is 2.42. The second-order valence-electron chi connectivity index (χ2n) is 4.49. The van der Waals surface area contributed by atoms with E-state index in [1.54, 1.807) is 20.1 Å². The molecular weight excluding hydrogens is 263 g/mol. The first-order valence-corrected chi connectivity index (χ1v) is 6.57. The normalized spacial score (nSPS) is 12.2. The van der Waals surface area contributed by atoms with E-state index in [-0.39, 0.29) is 11.2 Å². The fourth-order valence-electron chi connectivity index (χ4n) is 1.99. The van der Waals surface area contributed by atoms with Crippen molar-refractivity contribution < 1.29 is 9.13 Å². The van der Waals surface area contributed by atoms with Crippen molar-refractivity contribution in [3.8, 4) is 5.75 Å². The van der Waals surface area contributed by atoms with Crippen LogP contribution in [-0.4, -0.2) is 7.11 Å². The number of aryl methyl sites for hydroxylation is 1. The molecule has 0 aliphatic carbocycles. The van der Waals surface area contributed by atoms with Crippen LogP contribution in [0.15, 0.2) is 42.5 Å². The average molecular weight is 279 g/mol. The second-order valence-corrected chi connectivity index (χ2v) is 5.02. The van der Waals surface area contributed by atoms with E-state index in [9.17, 15) is 4.39 Å². The SMILES string of the molecule is COc1ccccc1CC(Cl)c1ccc(C)c(F)c1. The van der Waals surface area contributed by atoms with E-state index in [0.717, 1.165) is 16.9 Å². The van der Waals surface area contributed by atoms with E-state index < -0.39 is 0 Å². The van der Waals surface area contributed by atoms with Crippen LogP contribution in [0.3, 0.4) is 0 Å². The smallest absolute Gasteiger partial charge is 0.126 e. The van der Waals surface area contributed by atoms with Gasteiger partial charge in [-0.15, -0.1) is 11.6 Å². The lowest BCUT2D eigenvalue weighted by Crippen LogP contribution is -1.99. The topological polar surface area (TPSA) is 9.23 Å². The number of halogens is 2. The van der Waals surface area contributed by atoms with Crippen molar-refractivity contribution in [3.63, 3.8) is 0 Å². The Morgan fingerprint density at radius 1 is 1.21 bits per heavy atom. The first kappa shape index (κ1) is 13.9. The van der Waals surface area contributed by atoms with Crippen LogP contribution < -0.4 is 4.74 Å². The van der Waals surface area contributed by atoms with E-state index in [0.29, 0.717) is 12.0 Å². The van der Waals surface area contributed by atoms with Gasteiger partial charge < -0.3 is 4.74 Å². The first-order valence-electron chi connectivity index (χ1n) is 6.14. The fraction of sp³-hybridized carbons (Fsp3) is 0.250. The van der Waals surface area contributed by atoms with Crippen LogP contribution in [0, 0.1) is 12.7 Å². The van der Waals surface area contributed by atoms with E-state index in [2.05, 4.69) is 0 Å². The summed E-state index contributed by atoms with van der Waals surface area (Å²) in [5.41, 5.74) is 2.44. The molecule has 0 aliphatic rings. The minimum Gasteiger partial charge on any atom is -0.496 e. The molecule has 2 aromatic rings. The maximum Gasteiger partial charge on any atom is 0.126 e. The summed E-state index contributed by atoms with van der Waals surface area (Å²) in [6.45, 7) is 1.74. The first-order chi connectivity index (χ1) is 9.11. The van der Waals surface area contributed by atoms with Gasteiger partial charge in [0, 0.05) is 0 Å². The van der Waals surface area contributed by atoms with Crippen LogP contribution in [0.25, 0.3) is 0 Å². The molecule has 0 aliphatic heterocycles. The highest BCUT2D eigenvalue weighted by Gasteiger charge is 2.13. The Balaban J connectivity index is 2.20. The molecule has 100 valence electrons. The molecule has 0 amide bonds. The molecule has 0 saturated carbocycles. The zero-order chi connectivity index (χ0) is 13.8. The van der Waals surface area contributed by atoms with Gasteiger partial charge in [-0.05, 0) is 42.2 Å². The maximum absolute atomic E-state index is 13.5. The van der Waals surface area contributed by atoms with E-state index >= 15 is 0 Å². The van der Waals surface area contributed by atoms with Crippen LogP contribution in [0.4, 0.5) is 4.39 Å². The predicted octanol–water partition coefficient (Wildman–Crippen LogP) is 4.67. The Bertz CT molecular complexity index is 568. The molecule has 1 unspecified atom stereocenters. The van der Waals surface area contributed by atoms with Crippen molar-refractivity contribution in [1.29, 1.82) is 0 Å². The van der Waals surface area contributed by atoms with Crippen molar-refractivity contribution in [2.24, 2.45) is 0 Å². The van der Waals surface area contributed by atoms with Gasteiger partial charge in [0.25, 0.3) is 0 Å². The zero-order valence-electron chi connectivity index (χ0n) is 11.0. The van der Waals surface area contributed by atoms with Crippen LogP contribution in [0.1, 0.15) is 22.1 Å². The monoisotopic (exact) mass is 278 g/mol. The molecule has 2 rings (SSSR count). The van der Waals surface area contributed by atoms with Gasteiger partial charge in [0.2, 0.25) is 0 Å². The van der Waals surface area contributed by atoms with Gasteiger partial charge in [-0.2, -0.15) is 0 Å². The van der Waals surface area contributed by atoms with Gasteiger partial charge >= 0.3 is 0 Å². The Kier molecular flexibility index (Phi) is 4.43. The zero-order valence-corrected chi connectivity index (χ0v) is 11.7. The summed E-state index contributed by atoms with van der Waals surface area (Å²) in [7, 11) is 1.63. The molecule has 0 fully saturated rings. The third kappa shape index (κ3) is 3.27. The van der Waals surface area contributed by atoms with Crippen LogP contribution in [0.2, 0.25) is 0 Å². The fourth-order valence-corrected chi connectivity index (χ4v) is 2.29. The minimum atomic E-state index is -0.272. The number of hydrogen-bond acceptors (Lipinski definition) is 1. The molecule has 1 nitrogen and oxygen atoms in total. The summed E-state index contributed by atoms with van der Waals surface area (Å²) in [5.74, 6) is 0.587. The quantitative estimate of drug-likeness (QED) is 0.739. The standard InChI is InChI=1S/C16H16ClFO/c1-11-7-8-12(10-15(11)18)14(17)9-13-5-3-4-6-16(13)19-2/h3-8,10,14H,9H2,1-2H3. The Morgan fingerprint density at radius 3 is 2.63 bits per heavy atom. The van der Waals surface area contributed by atoms with Gasteiger partial charge in [0.05, 0.1) is 12.5 Å². The molecule has 0 aromatic heterocycles. The van der Waals surface area contributed by atoms with Gasteiger partial charge in [-0.25, -0.2) is 4.39 Å². The van der Waals surface area contributed by atoms with Gasteiger partial charge in [0.15, 0.2) is 0 Å². The Hall–Kier alpha value is -1.54. The molecule has 0 heterocycles. The summed E-state index contributed by atoms with van der Waals surface area (Å²) < 4.78 is 18.8. The number of alkyl halides is 1. The number of hydrogen-bond donors (Lipinski definition) is 0. The third-order valence-corrected chi connectivity index (χ3v) is 3.56. The van der Waals surface area contributed by atoms with Crippen molar-refractivity contribution in [2.45, 2.75) is 18.7 Å². The summed E-state index contributed by atoms with van der Waals surface area (Å²) >= 11 is 6.37. The van der Waals surface area contributed by atoms with Crippen LogP contribution >= 0.6 is 11.6 Å². The highest BCUT2D eigenvalue weighted by molar-refractivity contribution is 6.20. The Morgan fingerprint density at radius 2 is 1.95 bits per heavy atom. The number of rotatable bonds is 4. The van der Waals surface area contributed by atoms with Crippen molar-refractivity contribution in [2.75, 3.05) is 7.11 Å². The van der Waals surface area contributed by atoms with E-state index in [1.165, 1.54) is 6.07 Å². The largest absolute Gasteiger partial charge is 0.496 e. The lowest BCUT2D eigenvalue weighted by Gasteiger charge is -2.13. The lowest BCUT2D eigenvalue weighted by atomic mass is 10.0. The van der Waals surface area contributed by atoms with Crippen molar-refractivity contribution in [1.82, 2.24) is 0 Å². The number of benzene rings is 2. The van der Waals surface area contributed by atoms with Gasteiger partial charge in [-0.3, -0.25) is 0 Å².